The standard InChI is InChI=1S/C18H25FN2O2.ClH/c1-13-12-14(6-9-20-13)18(22)21-10-7-17(8-11-21)23-16-4-2-15(19)3-5-16;/h2-5,13-14,17,20H,6-12H2,1H3;1H/t13-,14-;/m0./s1. The van der Waals surface area contributed by atoms with E-state index in [-0.39, 0.29) is 30.2 Å². The fraction of sp³-hybridized carbons (Fsp3) is 0.611. The summed E-state index contributed by atoms with van der Waals surface area (Å²) in [5.74, 6) is 0.914. The molecule has 6 heteroatoms. The molecular weight excluding hydrogens is 331 g/mol. The van der Waals surface area contributed by atoms with E-state index in [1.54, 1.807) is 12.1 Å². The fourth-order valence-electron chi connectivity index (χ4n) is 3.51. The van der Waals surface area contributed by atoms with E-state index in [9.17, 15) is 9.18 Å². The van der Waals surface area contributed by atoms with Gasteiger partial charge in [-0.05, 0) is 50.6 Å². The van der Waals surface area contributed by atoms with Crippen molar-refractivity contribution >= 4 is 18.3 Å². The minimum absolute atomic E-state index is 0. The Balaban J connectivity index is 0.00000208. The van der Waals surface area contributed by atoms with Gasteiger partial charge in [-0.3, -0.25) is 4.79 Å². The van der Waals surface area contributed by atoms with Gasteiger partial charge in [-0.2, -0.15) is 0 Å². The van der Waals surface area contributed by atoms with Gasteiger partial charge in [-0.15, -0.1) is 12.4 Å². The average Bonchev–Trinajstić information content (AvgIpc) is 2.57. The van der Waals surface area contributed by atoms with Gasteiger partial charge >= 0.3 is 0 Å². The third kappa shape index (κ3) is 4.84. The van der Waals surface area contributed by atoms with Crippen LogP contribution in [0, 0.1) is 11.7 Å². The molecule has 0 bridgehead atoms. The molecule has 2 aliphatic rings. The highest BCUT2D eigenvalue weighted by atomic mass is 35.5. The fourth-order valence-corrected chi connectivity index (χ4v) is 3.51. The number of nitrogens with zero attached hydrogens (tertiary/aromatic N) is 1. The van der Waals surface area contributed by atoms with Gasteiger partial charge < -0.3 is 15.0 Å². The number of hydrogen-bond acceptors (Lipinski definition) is 3. The smallest absolute Gasteiger partial charge is 0.225 e. The Hall–Kier alpha value is -1.33. The molecule has 2 fully saturated rings. The van der Waals surface area contributed by atoms with Crippen molar-refractivity contribution in [2.45, 2.75) is 44.8 Å². The Labute approximate surface area is 149 Å². The number of ether oxygens (including phenoxy) is 1. The Morgan fingerprint density at radius 2 is 1.88 bits per heavy atom. The van der Waals surface area contributed by atoms with Crippen LogP contribution in [0.2, 0.25) is 0 Å². The molecule has 1 amide bonds. The third-order valence-corrected chi connectivity index (χ3v) is 4.84. The Morgan fingerprint density at radius 1 is 1.21 bits per heavy atom. The van der Waals surface area contributed by atoms with Crippen LogP contribution in [0.4, 0.5) is 4.39 Å². The molecule has 0 radical (unpaired) electrons. The van der Waals surface area contributed by atoms with E-state index >= 15 is 0 Å². The Morgan fingerprint density at radius 3 is 2.50 bits per heavy atom. The Kier molecular flexibility index (Phi) is 6.87. The molecule has 2 heterocycles. The van der Waals surface area contributed by atoms with E-state index in [1.165, 1.54) is 12.1 Å². The molecule has 1 aromatic carbocycles. The molecular formula is C18H26ClFN2O2. The molecule has 24 heavy (non-hydrogen) atoms. The van der Waals surface area contributed by atoms with Crippen LogP contribution in [0.5, 0.6) is 5.75 Å². The maximum absolute atomic E-state index is 12.9. The Bertz CT molecular complexity index is 532. The molecule has 0 aromatic heterocycles. The highest BCUT2D eigenvalue weighted by Gasteiger charge is 2.31. The number of amides is 1. The SMILES string of the molecule is C[C@H]1C[C@@H](C(=O)N2CCC(Oc3ccc(F)cc3)CC2)CCN1.Cl. The highest BCUT2D eigenvalue weighted by Crippen LogP contribution is 2.23. The average molecular weight is 357 g/mol. The van der Waals surface area contributed by atoms with Crippen LogP contribution in [0.25, 0.3) is 0 Å². The number of rotatable bonds is 3. The predicted octanol–water partition coefficient (Wildman–Crippen LogP) is 3.01. The first-order valence-corrected chi connectivity index (χ1v) is 8.56. The molecule has 2 saturated heterocycles. The van der Waals surface area contributed by atoms with Gasteiger partial charge in [0, 0.05) is 37.9 Å². The number of benzene rings is 1. The zero-order valence-corrected chi connectivity index (χ0v) is 14.9. The lowest BCUT2D eigenvalue weighted by molar-refractivity contribution is -0.138. The number of nitrogens with one attached hydrogen (secondary N) is 1. The van der Waals surface area contributed by atoms with Crippen molar-refractivity contribution < 1.29 is 13.9 Å². The number of carbonyl (C=O) groups is 1. The monoisotopic (exact) mass is 356 g/mol. The van der Waals surface area contributed by atoms with Gasteiger partial charge in [0.05, 0.1) is 0 Å². The van der Waals surface area contributed by atoms with E-state index in [2.05, 4.69) is 12.2 Å². The van der Waals surface area contributed by atoms with Gasteiger partial charge in [0.15, 0.2) is 0 Å². The van der Waals surface area contributed by atoms with Gasteiger partial charge in [0.25, 0.3) is 0 Å². The normalized spacial score (nSPS) is 25.0. The number of likely N-dealkylation sites (tertiary alicyclic amines) is 1. The first-order valence-electron chi connectivity index (χ1n) is 8.56. The number of hydrogen-bond donors (Lipinski definition) is 1. The molecule has 134 valence electrons. The van der Waals surface area contributed by atoms with Crippen LogP contribution in [-0.4, -0.2) is 42.6 Å². The second kappa shape index (κ2) is 8.67. The van der Waals surface area contributed by atoms with E-state index in [0.717, 1.165) is 45.3 Å². The largest absolute Gasteiger partial charge is 0.490 e. The molecule has 1 aromatic rings. The molecule has 0 spiro atoms. The van der Waals surface area contributed by atoms with E-state index in [0.29, 0.717) is 17.7 Å². The topological polar surface area (TPSA) is 41.6 Å². The van der Waals surface area contributed by atoms with Crippen LogP contribution in [0.1, 0.15) is 32.6 Å². The number of carbonyl (C=O) groups excluding carboxylic acids is 1. The van der Waals surface area contributed by atoms with Crippen LogP contribution in [-0.2, 0) is 4.79 Å². The lowest BCUT2D eigenvalue weighted by Gasteiger charge is -2.36. The molecule has 2 atom stereocenters. The van der Waals surface area contributed by atoms with Crippen molar-refractivity contribution in [3.63, 3.8) is 0 Å². The summed E-state index contributed by atoms with van der Waals surface area (Å²) in [5.41, 5.74) is 0. The van der Waals surface area contributed by atoms with Crippen molar-refractivity contribution in [2.75, 3.05) is 19.6 Å². The maximum Gasteiger partial charge on any atom is 0.225 e. The summed E-state index contributed by atoms with van der Waals surface area (Å²) in [6.07, 6.45) is 3.66. The molecule has 3 rings (SSSR count). The van der Waals surface area contributed by atoms with Crippen LogP contribution < -0.4 is 10.1 Å². The maximum atomic E-state index is 12.9. The third-order valence-electron chi connectivity index (χ3n) is 4.84. The number of halogens is 2. The molecule has 1 N–H and O–H groups in total. The van der Waals surface area contributed by atoms with Crippen LogP contribution in [0.3, 0.4) is 0 Å². The van der Waals surface area contributed by atoms with Gasteiger partial charge in [0.1, 0.15) is 17.7 Å². The highest BCUT2D eigenvalue weighted by molar-refractivity contribution is 5.85. The van der Waals surface area contributed by atoms with Gasteiger partial charge in [0.2, 0.25) is 5.91 Å². The second-order valence-corrected chi connectivity index (χ2v) is 6.67. The quantitative estimate of drug-likeness (QED) is 0.905. The summed E-state index contributed by atoms with van der Waals surface area (Å²) in [6.45, 7) is 4.58. The van der Waals surface area contributed by atoms with E-state index in [4.69, 9.17) is 4.74 Å². The van der Waals surface area contributed by atoms with Crippen LogP contribution >= 0.6 is 12.4 Å². The first kappa shape index (κ1) is 19.0. The zero-order chi connectivity index (χ0) is 16.2. The van der Waals surface area contributed by atoms with Crippen molar-refractivity contribution in [3.05, 3.63) is 30.1 Å². The minimum Gasteiger partial charge on any atom is -0.490 e. The van der Waals surface area contributed by atoms with Crippen LogP contribution in [0.15, 0.2) is 24.3 Å². The minimum atomic E-state index is -0.256. The van der Waals surface area contributed by atoms with Crippen molar-refractivity contribution in [3.8, 4) is 5.75 Å². The van der Waals surface area contributed by atoms with E-state index < -0.39 is 0 Å². The van der Waals surface area contributed by atoms with Gasteiger partial charge in [-0.25, -0.2) is 4.39 Å². The summed E-state index contributed by atoms with van der Waals surface area (Å²) in [4.78, 5) is 14.6. The number of piperidine rings is 2. The summed E-state index contributed by atoms with van der Waals surface area (Å²) in [7, 11) is 0. The van der Waals surface area contributed by atoms with E-state index in [1.807, 2.05) is 4.90 Å². The zero-order valence-electron chi connectivity index (χ0n) is 14.0. The molecule has 0 unspecified atom stereocenters. The summed E-state index contributed by atoms with van der Waals surface area (Å²) >= 11 is 0. The summed E-state index contributed by atoms with van der Waals surface area (Å²) < 4.78 is 18.8. The lowest BCUT2D eigenvalue weighted by Crippen LogP contribution is -2.47. The second-order valence-electron chi connectivity index (χ2n) is 6.67. The summed E-state index contributed by atoms with van der Waals surface area (Å²) in [5, 5.41) is 3.39. The summed E-state index contributed by atoms with van der Waals surface area (Å²) in [6, 6.07) is 6.56. The lowest BCUT2D eigenvalue weighted by atomic mass is 9.91. The molecule has 2 aliphatic heterocycles. The van der Waals surface area contributed by atoms with Crippen molar-refractivity contribution in [1.82, 2.24) is 10.2 Å². The van der Waals surface area contributed by atoms with Crippen molar-refractivity contribution in [1.29, 1.82) is 0 Å². The predicted molar refractivity (Wildman–Crippen MR) is 94.1 cm³/mol. The molecule has 0 aliphatic carbocycles. The molecule has 4 nitrogen and oxygen atoms in total. The van der Waals surface area contributed by atoms with Crippen molar-refractivity contribution in [2.24, 2.45) is 5.92 Å². The molecule has 0 saturated carbocycles. The first-order chi connectivity index (χ1) is 11.1. The van der Waals surface area contributed by atoms with Gasteiger partial charge in [-0.1, -0.05) is 0 Å².